The number of nitrogens with two attached hydrogens (primary N) is 1. The zero-order valence-corrected chi connectivity index (χ0v) is 12.0. The van der Waals surface area contributed by atoms with Gasteiger partial charge in [-0.2, -0.15) is 0 Å². The van der Waals surface area contributed by atoms with Crippen LogP contribution in [0.5, 0.6) is 0 Å². The molecular formula is C14H29N3O. The Hall–Kier alpha value is -0.610. The highest BCUT2D eigenvalue weighted by Crippen LogP contribution is 2.15. The van der Waals surface area contributed by atoms with E-state index >= 15 is 0 Å². The molecule has 1 atom stereocenters. The summed E-state index contributed by atoms with van der Waals surface area (Å²) in [5.74, 6) is 0.990. The van der Waals surface area contributed by atoms with E-state index in [1.54, 1.807) is 0 Å². The van der Waals surface area contributed by atoms with E-state index in [0.29, 0.717) is 6.54 Å². The monoisotopic (exact) mass is 255 g/mol. The first-order valence-corrected chi connectivity index (χ1v) is 7.37. The first kappa shape index (κ1) is 15.4. The van der Waals surface area contributed by atoms with Crippen LogP contribution in [-0.4, -0.2) is 43.5 Å². The van der Waals surface area contributed by atoms with Crippen molar-refractivity contribution in [2.75, 3.05) is 32.7 Å². The third-order valence-corrected chi connectivity index (χ3v) is 3.97. The maximum Gasteiger partial charge on any atom is 0.224 e. The molecule has 18 heavy (non-hydrogen) atoms. The molecule has 0 aromatic carbocycles. The summed E-state index contributed by atoms with van der Waals surface area (Å²) in [4.78, 5) is 14.2. The van der Waals surface area contributed by atoms with E-state index in [0.717, 1.165) is 31.8 Å². The second-order valence-corrected chi connectivity index (χ2v) is 5.51. The number of carbonyl (C=O) groups is 1. The second kappa shape index (κ2) is 8.48. The van der Waals surface area contributed by atoms with E-state index in [4.69, 9.17) is 5.73 Å². The van der Waals surface area contributed by atoms with Gasteiger partial charge in [-0.15, -0.1) is 0 Å². The van der Waals surface area contributed by atoms with Gasteiger partial charge in [0.25, 0.3) is 0 Å². The number of amides is 1. The average Bonchev–Trinajstić information content (AvgIpc) is 2.38. The molecule has 1 fully saturated rings. The molecule has 0 aromatic rings. The predicted octanol–water partition coefficient (Wildman–Crippen LogP) is 1.21. The van der Waals surface area contributed by atoms with Crippen LogP contribution in [0.4, 0.5) is 0 Å². The summed E-state index contributed by atoms with van der Waals surface area (Å²) in [5, 5.41) is 2.99. The zero-order valence-electron chi connectivity index (χ0n) is 12.0. The highest BCUT2D eigenvalue weighted by Gasteiger charge is 2.16. The number of carbonyl (C=O) groups excluding carboxylic acids is 1. The molecule has 4 heteroatoms. The quantitative estimate of drug-likeness (QED) is 0.672. The summed E-state index contributed by atoms with van der Waals surface area (Å²) in [6.07, 6.45) is 4.50. The van der Waals surface area contributed by atoms with Crippen LogP contribution in [-0.2, 0) is 4.79 Å². The number of rotatable bonds is 7. The third kappa shape index (κ3) is 5.36. The van der Waals surface area contributed by atoms with E-state index in [1.807, 2.05) is 6.92 Å². The number of likely N-dealkylation sites (tertiary alicyclic amines) is 1. The number of nitrogens with one attached hydrogen (secondary N) is 1. The third-order valence-electron chi connectivity index (χ3n) is 3.97. The van der Waals surface area contributed by atoms with Gasteiger partial charge in [0.15, 0.2) is 0 Å². The van der Waals surface area contributed by atoms with E-state index < -0.39 is 0 Å². The van der Waals surface area contributed by atoms with Crippen molar-refractivity contribution in [1.82, 2.24) is 10.2 Å². The molecule has 3 N–H and O–H groups in total. The van der Waals surface area contributed by atoms with E-state index in [-0.39, 0.29) is 11.8 Å². The Labute approximate surface area is 111 Å². The summed E-state index contributed by atoms with van der Waals surface area (Å²) in [6, 6.07) is 0. The lowest BCUT2D eigenvalue weighted by Gasteiger charge is -2.30. The maximum absolute atomic E-state index is 11.7. The van der Waals surface area contributed by atoms with Gasteiger partial charge in [0, 0.05) is 19.0 Å². The van der Waals surface area contributed by atoms with Crippen molar-refractivity contribution in [3.63, 3.8) is 0 Å². The zero-order chi connectivity index (χ0) is 13.4. The molecule has 1 unspecified atom stereocenters. The summed E-state index contributed by atoms with van der Waals surface area (Å²) < 4.78 is 0. The Morgan fingerprint density at radius 2 is 2.11 bits per heavy atom. The molecule has 0 aromatic heterocycles. The smallest absolute Gasteiger partial charge is 0.224 e. The highest BCUT2D eigenvalue weighted by molar-refractivity contribution is 5.78. The maximum atomic E-state index is 11.7. The van der Waals surface area contributed by atoms with Crippen LogP contribution in [0.25, 0.3) is 0 Å². The van der Waals surface area contributed by atoms with E-state index in [9.17, 15) is 4.79 Å². The molecule has 1 heterocycles. The fourth-order valence-corrected chi connectivity index (χ4v) is 2.40. The van der Waals surface area contributed by atoms with Crippen LogP contribution in [0.15, 0.2) is 0 Å². The molecule has 0 aliphatic carbocycles. The van der Waals surface area contributed by atoms with Crippen molar-refractivity contribution in [3.8, 4) is 0 Å². The van der Waals surface area contributed by atoms with Gasteiger partial charge in [-0.25, -0.2) is 0 Å². The molecule has 1 aliphatic rings. The predicted molar refractivity (Wildman–Crippen MR) is 75.3 cm³/mol. The second-order valence-electron chi connectivity index (χ2n) is 5.51. The van der Waals surface area contributed by atoms with Gasteiger partial charge in [0.2, 0.25) is 5.91 Å². The van der Waals surface area contributed by atoms with Crippen LogP contribution >= 0.6 is 0 Å². The number of nitrogens with zero attached hydrogens (tertiary/aromatic N) is 1. The molecule has 0 spiro atoms. The topological polar surface area (TPSA) is 58.4 Å². The Kier molecular flexibility index (Phi) is 7.28. The van der Waals surface area contributed by atoms with Crippen LogP contribution < -0.4 is 11.1 Å². The lowest BCUT2D eigenvalue weighted by Crippen LogP contribution is -2.38. The van der Waals surface area contributed by atoms with Crippen LogP contribution in [0.3, 0.4) is 0 Å². The standard InChI is InChI=1S/C14H29N3O/c1-3-13(11-15)14(18)16-7-4-8-17-9-5-12(2)6-10-17/h12-13H,3-11,15H2,1-2H3,(H,16,18). The summed E-state index contributed by atoms with van der Waals surface area (Å²) >= 11 is 0. The molecule has 1 rings (SSSR count). The Balaban J connectivity index is 2.06. The van der Waals surface area contributed by atoms with Gasteiger partial charge in [0.05, 0.1) is 0 Å². The van der Waals surface area contributed by atoms with E-state index in [2.05, 4.69) is 17.1 Å². The highest BCUT2D eigenvalue weighted by atomic mass is 16.1. The van der Waals surface area contributed by atoms with Crippen molar-refractivity contribution in [3.05, 3.63) is 0 Å². The number of piperidine rings is 1. The molecule has 0 radical (unpaired) electrons. The van der Waals surface area contributed by atoms with Gasteiger partial charge < -0.3 is 16.0 Å². The Morgan fingerprint density at radius 1 is 1.44 bits per heavy atom. The lowest BCUT2D eigenvalue weighted by molar-refractivity contribution is -0.124. The van der Waals surface area contributed by atoms with Gasteiger partial charge in [-0.3, -0.25) is 4.79 Å². The van der Waals surface area contributed by atoms with Crippen LogP contribution in [0.1, 0.15) is 39.5 Å². The van der Waals surface area contributed by atoms with Gasteiger partial charge in [0.1, 0.15) is 0 Å². The first-order chi connectivity index (χ1) is 8.67. The normalized spacial score (nSPS) is 19.7. The van der Waals surface area contributed by atoms with Crippen LogP contribution in [0, 0.1) is 11.8 Å². The summed E-state index contributed by atoms with van der Waals surface area (Å²) in [6.45, 7) is 9.10. The van der Waals surface area contributed by atoms with Crippen molar-refractivity contribution in [2.24, 2.45) is 17.6 Å². The molecule has 1 saturated heterocycles. The molecule has 4 nitrogen and oxygen atoms in total. The Bertz CT molecular complexity index is 233. The number of hydrogen-bond donors (Lipinski definition) is 2. The fraction of sp³-hybridized carbons (Fsp3) is 0.929. The first-order valence-electron chi connectivity index (χ1n) is 7.37. The molecule has 106 valence electrons. The molecule has 0 saturated carbocycles. The minimum Gasteiger partial charge on any atom is -0.356 e. The number of hydrogen-bond acceptors (Lipinski definition) is 3. The SMILES string of the molecule is CCC(CN)C(=O)NCCCN1CCC(C)CC1. The average molecular weight is 255 g/mol. The molecular weight excluding hydrogens is 226 g/mol. The Morgan fingerprint density at radius 3 is 2.67 bits per heavy atom. The van der Waals surface area contributed by atoms with Crippen molar-refractivity contribution in [1.29, 1.82) is 0 Å². The molecule has 0 bridgehead atoms. The van der Waals surface area contributed by atoms with Gasteiger partial charge >= 0.3 is 0 Å². The lowest BCUT2D eigenvalue weighted by atomic mass is 9.99. The van der Waals surface area contributed by atoms with Crippen LogP contribution in [0.2, 0.25) is 0 Å². The summed E-state index contributed by atoms with van der Waals surface area (Å²) in [5.41, 5.74) is 5.55. The molecule has 1 amide bonds. The van der Waals surface area contributed by atoms with Gasteiger partial charge in [-0.1, -0.05) is 13.8 Å². The molecule has 1 aliphatic heterocycles. The van der Waals surface area contributed by atoms with Gasteiger partial charge in [-0.05, 0) is 51.2 Å². The minimum atomic E-state index is -0.0131. The largest absolute Gasteiger partial charge is 0.356 e. The van der Waals surface area contributed by atoms with Crippen molar-refractivity contribution < 1.29 is 4.79 Å². The minimum absolute atomic E-state index is 0.0131. The fourth-order valence-electron chi connectivity index (χ4n) is 2.40. The van der Waals surface area contributed by atoms with Crippen molar-refractivity contribution in [2.45, 2.75) is 39.5 Å². The van der Waals surface area contributed by atoms with Crippen molar-refractivity contribution >= 4 is 5.91 Å². The van der Waals surface area contributed by atoms with E-state index in [1.165, 1.54) is 25.9 Å². The summed E-state index contributed by atoms with van der Waals surface area (Å²) in [7, 11) is 0.